The summed E-state index contributed by atoms with van der Waals surface area (Å²) >= 11 is 0. The Morgan fingerprint density at radius 3 is 2.24 bits per heavy atom. The summed E-state index contributed by atoms with van der Waals surface area (Å²) < 4.78 is 39.8. The number of hydrogen-bond donors (Lipinski definition) is 1. The van der Waals surface area contributed by atoms with E-state index in [-0.39, 0.29) is 36.9 Å². The van der Waals surface area contributed by atoms with Crippen LogP contribution in [0.2, 0.25) is 0 Å². The minimum Gasteiger partial charge on any atom is -0.396 e. The van der Waals surface area contributed by atoms with Crippen molar-refractivity contribution >= 4 is 5.91 Å². The first-order chi connectivity index (χ1) is 13.6. The lowest BCUT2D eigenvalue weighted by Crippen LogP contribution is -2.38. The summed E-state index contributed by atoms with van der Waals surface area (Å²) in [4.78, 5) is 31.5. The van der Waals surface area contributed by atoms with Crippen molar-refractivity contribution in [2.75, 3.05) is 19.7 Å². The topological polar surface area (TPSA) is 75.4 Å². The number of amides is 1. The number of carbonyl (C=O) groups excluding carboxylic acids is 1. The molecule has 1 amide bonds. The molecule has 1 aromatic carbocycles. The maximum Gasteiger partial charge on any atom is 0.416 e. The van der Waals surface area contributed by atoms with Gasteiger partial charge in [0.2, 0.25) is 5.91 Å². The number of halogens is 3. The number of aliphatic hydroxyl groups is 1. The SMILES string of the molecule is CCN(CC)C(=O)Cn1c(-c2ccc(C(F)(F)F)cc2)nc(C)c(CCO)c1=O. The molecule has 0 aliphatic heterocycles. The van der Waals surface area contributed by atoms with Crippen LogP contribution in [0.4, 0.5) is 13.2 Å². The van der Waals surface area contributed by atoms with Crippen LogP contribution in [0.25, 0.3) is 11.4 Å². The molecular formula is C20H24F3N3O3. The Morgan fingerprint density at radius 2 is 1.76 bits per heavy atom. The van der Waals surface area contributed by atoms with Crippen LogP contribution < -0.4 is 5.56 Å². The third-order valence-corrected chi connectivity index (χ3v) is 4.71. The molecule has 0 bridgehead atoms. The van der Waals surface area contributed by atoms with Crippen molar-refractivity contribution in [2.45, 2.75) is 39.9 Å². The second-order valence-corrected chi connectivity index (χ2v) is 6.51. The summed E-state index contributed by atoms with van der Waals surface area (Å²) in [5, 5.41) is 9.24. The molecular weight excluding hydrogens is 387 g/mol. The Bertz CT molecular complexity index is 918. The van der Waals surface area contributed by atoms with E-state index in [0.29, 0.717) is 24.3 Å². The van der Waals surface area contributed by atoms with Gasteiger partial charge in [-0.3, -0.25) is 14.2 Å². The molecule has 29 heavy (non-hydrogen) atoms. The fraction of sp³-hybridized carbons (Fsp3) is 0.450. The number of nitrogens with zero attached hydrogens (tertiary/aromatic N) is 3. The van der Waals surface area contributed by atoms with Crippen LogP contribution in [0, 0.1) is 6.92 Å². The first-order valence-corrected chi connectivity index (χ1v) is 9.30. The normalized spacial score (nSPS) is 11.6. The van der Waals surface area contributed by atoms with E-state index in [0.717, 1.165) is 12.1 Å². The number of carbonyl (C=O) groups is 1. The molecule has 0 radical (unpaired) electrons. The third-order valence-electron chi connectivity index (χ3n) is 4.71. The van der Waals surface area contributed by atoms with E-state index in [2.05, 4.69) is 4.98 Å². The summed E-state index contributed by atoms with van der Waals surface area (Å²) in [7, 11) is 0. The van der Waals surface area contributed by atoms with Crippen LogP contribution in [0.15, 0.2) is 29.1 Å². The second-order valence-electron chi connectivity index (χ2n) is 6.51. The maximum absolute atomic E-state index is 13.0. The molecule has 2 aromatic rings. The van der Waals surface area contributed by atoms with Crippen molar-refractivity contribution in [2.24, 2.45) is 0 Å². The number of likely N-dealkylation sites (N-methyl/N-ethyl adjacent to an activating group) is 1. The highest BCUT2D eigenvalue weighted by molar-refractivity contribution is 5.76. The van der Waals surface area contributed by atoms with Gasteiger partial charge in [-0.15, -0.1) is 0 Å². The lowest BCUT2D eigenvalue weighted by atomic mass is 10.1. The van der Waals surface area contributed by atoms with Crippen molar-refractivity contribution in [1.29, 1.82) is 0 Å². The predicted molar refractivity (Wildman–Crippen MR) is 102 cm³/mol. The first kappa shape index (κ1) is 22.6. The van der Waals surface area contributed by atoms with E-state index in [1.807, 2.05) is 13.8 Å². The van der Waals surface area contributed by atoms with E-state index < -0.39 is 17.3 Å². The van der Waals surface area contributed by atoms with Gasteiger partial charge in [-0.05, 0) is 32.9 Å². The monoisotopic (exact) mass is 411 g/mol. The lowest BCUT2D eigenvalue weighted by Gasteiger charge is -2.21. The van der Waals surface area contributed by atoms with Crippen LogP contribution in [0.1, 0.15) is 30.7 Å². The van der Waals surface area contributed by atoms with Gasteiger partial charge in [0.1, 0.15) is 12.4 Å². The fourth-order valence-corrected chi connectivity index (χ4v) is 3.09. The van der Waals surface area contributed by atoms with Crippen molar-refractivity contribution < 1.29 is 23.1 Å². The lowest BCUT2D eigenvalue weighted by molar-refractivity contribution is -0.137. The number of rotatable bonds is 7. The maximum atomic E-state index is 13.0. The predicted octanol–water partition coefficient (Wildman–Crippen LogP) is 2.64. The highest BCUT2D eigenvalue weighted by atomic mass is 19.4. The number of alkyl halides is 3. The smallest absolute Gasteiger partial charge is 0.396 e. The number of aryl methyl sites for hydroxylation is 1. The van der Waals surface area contributed by atoms with Crippen LogP contribution in [-0.2, 0) is 23.9 Å². The van der Waals surface area contributed by atoms with Crippen LogP contribution >= 0.6 is 0 Å². The van der Waals surface area contributed by atoms with Crippen LogP contribution in [-0.4, -0.2) is 45.2 Å². The van der Waals surface area contributed by atoms with E-state index in [1.54, 1.807) is 11.8 Å². The van der Waals surface area contributed by atoms with Gasteiger partial charge in [0.05, 0.1) is 5.56 Å². The minimum atomic E-state index is -4.48. The van der Waals surface area contributed by atoms with E-state index in [9.17, 15) is 27.9 Å². The van der Waals surface area contributed by atoms with Gasteiger partial charge in [0, 0.05) is 42.9 Å². The molecule has 0 unspecified atom stereocenters. The molecule has 0 aliphatic carbocycles. The third kappa shape index (κ3) is 5.03. The molecule has 2 rings (SSSR count). The zero-order chi connectivity index (χ0) is 21.8. The van der Waals surface area contributed by atoms with E-state index >= 15 is 0 Å². The summed E-state index contributed by atoms with van der Waals surface area (Å²) in [6.45, 7) is 5.59. The Balaban J connectivity index is 2.61. The van der Waals surface area contributed by atoms with Gasteiger partial charge in [0.25, 0.3) is 5.56 Å². The number of hydrogen-bond acceptors (Lipinski definition) is 4. The average molecular weight is 411 g/mol. The van der Waals surface area contributed by atoms with Crippen LogP contribution in [0.5, 0.6) is 0 Å². The molecule has 9 heteroatoms. The molecule has 0 aliphatic rings. The van der Waals surface area contributed by atoms with Crippen molar-refractivity contribution in [1.82, 2.24) is 14.5 Å². The highest BCUT2D eigenvalue weighted by Crippen LogP contribution is 2.30. The van der Waals surface area contributed by atoms with Crippen molar-refractivity contribution in [3.8, 4) is 11.4 Å². The number of aliphatic hydroxyl groups excluding tert-OH is 1. The summed E-state index contributed by atoms with van der Waals surface area (Å²) in [6.07, 6.45) is -4.41. The summed E-state index contributed by atoms with van der Waals surface area (Å²) in [5.41, 5.74) is -0.368. The fourth-order valence-electron chi connectivity index (χ4n) is 3.09. The van der Waals surface area contributed by atoms with E-state index in [4.69, 9.17) is 0 Å². The Morgan fingerprint density at radius 1 is 1.17 bits per heavy atom. The van der Waals surface area contributed by atoms with Crippen LogP contribution in [0.3, 0.4) is 0 Å². The van der Waals surface area contributed by atoms with Gasteiger partial charge in [-0.2, -0.15) is 13.2 Å². The zero-order valence-corrected chi connectivity index (χ0v) is 16.6. The largest absolute Gasteiger partial charge is 0.416 e. The Labute approximate surface area is 166 Å². The van der Waals surface area contributed by atoms with Gasteiger partial charge < -0.3 is 10.0 Å². The molecule has 158 valence electrons. The van der Waals surface area contributed by atoms with Gasteiger partial charge in [-0.1, -0.05) is 12.1 Å². The molecule has 0 saturated heterocycles. The Kier molecular flexibility index (Phi) is 7.18. The van der Waals surface area contributed by atoms with Gasteiger partial charge in [-0.25, -0.2) is 4.98 Å². The molecule has 0 atom stereocenters. The zero-order valence-electron chi connectivity index (χ0n) is 16.6. The van der Waals surface area contributed by atoms with Crippen molar-refractivity contribution in [3.05, 3.63) is 51.4 Å². The van der Waals surface area contributed by atoms with Gasteiger partial charge >= 0.3 is 6.18 Å². The number of benzene rings is 1. The Hall–Kier alpha value is -2.68. The standard InChI is InChI=1S/C20H24F3N3O3/c1-4-25(5-2)17(28)12-26-18(24-13(3)16(10-11-27)19(26)29)14-6-8-15(9-7-14)20(21,22)23/h6-9,27H,4-5,10-12H2,1-3H3. The quantitative estimate of drug-likeness (QED) is 0.760. The molecule has 1 aromatic heterocycles. The molecule has 0 saturated carbocycles. The number of aromatic nitrogens is 2. The molecule has 1 heterocycles. The molecule has 6 nitrogen and oxygen atoms in total. The van der Waals surface area contributed by atoms with E-state index in [1.165, 1.54) is 16.7 Å². The molecule has 0 spiro atoms. The molecule has 0 fully saturated rings. The summed E-state index contributed by atoms with van der Waals surface area (Å²) in [6, 6.07) is 4.28. The summed E-state index contributed by atoms with van der Waals surface area (Å²) in [5.74, 6) is -0.186. The molecule has 1 N–H and O–H groups in total. The van der Waals surface area contributed by atoms with Crippen molar-refractivity contribution in [3.63, 3.8) is 0 Å². The minimum absolute atomic E-state index is 0.0738. The average Bonchev–Trinajstić information content (AvgIpc) is 2.67. The second kappa shape index (κ2) is 9.21. The first-order valence-electron chi connectivity index (χ1n) is 9.30. The highest BCUT2D eigenvalue weighted by Gasteiger charge is 2.30. The van der Waals surface area contributed by atoms with Gasteiger partial charge in [0.15, 0.2) is 0 Å².